The number of rotatable bonds is 2. The fourth-order valence-corrected chi connectivity index (χ4v) is 5.67. The molecule has 0 aromatic heterocycles. The van der Waals surface area contributed by atoms with Gasteiger partial charge in [0.15, 0.2) is 0 Å². The van der Waals surface area contributed by atoms with Gasteiger partial charge in [-0.05, 0) is 0 Å². The summed E-state index contributed by atoms with van der Waals surface area (Å²) in [6, 6.07) is 17.6. The van der Waals surface area contributed by atoms with Crippen LogP contribution in [0.2, 0.25) is 0 Å². The van der Waals surface area contributed by atoms with Gasteiger partial charge < -0.3 is 0 Å². The van der Waals surface area contributed by atoms with Crippen LogP contribution >= 0.6 is 0 Å². The van der Waals surface area contributed by atoms with E-state index in [1.165, 1.54) is 22.3 Å². The molecule has 0 spiro atoms. The minimum absolute atomic E-state index is 0.269. The summed E-state index contributed by atoms with van der Waals surface area (Å²) in [5.74, 6) is 0. The van der Waals surface area contributed by atoms with E-state index in [4.69, 9.17) is 0 Å². The molecule has 2 atom stereocenters. The van der Waals surface area contributed by atoms with E-state index in [9.17, 15) is 0 Å². The van der Waals surface area contributed by atoms with E-state index in [1.807, 2.05) is 0 Å². The van der Waals surface area contributed by atoms with E-state index < -0.39 is 0 Å². The quantitative estimate of drug-likeness (QED) is 0.705. The maximum absolute atomic E-state index is 2.40. The number of allylic oxidation sites excluding steroid dienone is 2. The van der Waals surface area contributed by atoms with Crippen molar-refractivity contribution >= 4 is 12.2 Å². The fourth-order valence-electron chi connectivity index (χ4n) is 2.74. The van der Waals surface area contributed by atoms with Crippen LogP contribution in [-0.2, 0) is 17.1 Å². The van der Waals surface area contributed by atoms with Crippen LogP contribution in [0.25, 0.3) is 12.2 Å². The van der Waals surface area contributed by atoms with Crippen molar-refractivity contribution in [3.05, 3.63) is 82.9 Å². The summed E-state index contributed by atoms with van der Waals surface area (Å²) in [5, 5.41) is 0. The normalized spacial score (nSPS) is 22.7. The zero-order valence-electron chi connectivity index (χ0n) is 10.4. The molecule has 0 fully saturated rings. The molecule has 0 nitrogen and oxygen atoms in total. The SMILES string of the molecule is C1=C[CH]([Ru][CH]2C=Cc3ccccc32)c2ccccc21. The standard InChI is InChI=1S/2C9H7.Ru/c2*1-2-5-9-7-3-6-8(9)4-1;/h2*1-7H;. The molecule has 0 bridgehead atoms. The first-order chi connectivity index (χ1) is 9.42. The Morgan fingerprint density at radius 3 is 1.63 bits per heavy atom. The molecule has 2 aliphatic carbocycles. The molecule has 94 valence electrons. The van der Waals surface area contributed by atoms with Crippen LogP contribution in [0.15, 0.2) is 60.7 Å². The predicted octanol–water partition coefficient (Wildman–Crippen LogP) is 4.61. The summed E-state index contributed by atoms with van der Waals surface area (Å²) in [5.41, 5.74) is 5.88. The molecule has 0 heterocycles. The van der Waals surface area contributed by atoms with Gasteiger partial charge in [-0.1, -0.05) is 0 Å². The molecule has 0 aliphatic heterocycles. The monoisotopic (exact) mass is 332 g/mol. The van der Waals surface area contributed by atoms with Crippen LogP contribution < -0.4 is 0 Å². The van der Waals surface area contributed by atoms with Crippen molar-refractivity contribution in [2.24, 2.45) is 0 Å². The summed E-state index contributed by atoms with van der Waals surface area (Å²) in [4.78, 5) is 0. The van der Waals surface area contributed by atoms with Gasteiger partial charge in [-0.15, -0.1) is 0 Å². The number of hydrogen-bond acceptors (Lipinski definition) is 0. The van der Waals surface area contributed by atoms with Crippen LogP contribution in [0, 0.1) is 0 Å². The Morgan fingerprint density at radius 1 is 0.632 bits per heavy atom. The Morgan fingerprint density at radius 2 is 1.11 bits per heavy atom. The average Bonchev–Trinajstić information content (AvgIpc) is 3.05. The summed E-state index contributed by atoms with van der Waals surface area (Å²) in [6.07, 6.45) is 9.38. The molecule has 4 rings (SSSR count). The van der Waals surface area contributed by atoms with E-state index in [0.717, 1.165) is 0 Å². The van der Waals surface area contributed by atoms with Crippen molar-refractivity contribution in [3.63, 3.8) is 0 Å². The molecule has 2 unspecified atom stereocenters. The average molecular weight is 331 g/mol. The van der Waals surface area contributed by atoms with Gasteiger partial charge in [0.05, 0.1) is 0 Å². The van der Waals surface area contributed by atoms with Gasteiger partial charge in [-0.2, -0.15) is 0 Å². The van der Waals surface area contributed by atoms with Crippen LogP contribution in [0.3, 0.4) is 0 Å². The van der Waals surface area contributed by atoms with Gasteiger partial charge in [-0.3, -0.25) is 0 Å². The van der Waals surface area contributed by atoms with Gasteiger partial charge in [0.1, 0.15) is 0 Å². The molecule has 2 aromatic carbocycles. The van der Waals surface area contributed by atoms with Crippen LogP contribution in [-0.4, -0.2) is 0 Å². The Kier molecular flexibility index (Phi) is 2.74. The molecule has 1 heteroatoms. The molecule has 0 saturated carbocycles. The molecule has 0 amide bonds. The van der Waals surface area contributed by atoms with Crippen LogP contribution in [0.4, 0.5) is 0 Å². The summed E-state index contributed by atoms with van der Waals surface area (Å²) in [7, 11) is 0. The third-order valence-electron chi connectivity index (χ3n) is 3.71. The zero-order chi connectivity index (χ0) is 12.7. The predicted molar refractivity (Wildman–Crippen MR) is 76.4 cm³/mol. The molecule has 0 N–H and O–H groups in total. The van der Waals surface area contributed by atoms with Gasteiger partial charge in [-0.25, -0.2) is 0 Å². The fraction of sp³-hybridized carbons (Fsp3) is 0.111. The second-order valence-corrected chi connectivity index (χ2v) is 7.61. The Hall–Kier alpha value is -1.46. The third kappa shape index (κ3) is 1.93. The van der Waals surface area contributed by atoms with Crippen molar-refractivity contribution in [3.8, 4) is 0 Å². The van der Waals surface area contributed by atoms with Crippen LogP contribution in [0.1, 0.15) is 31.3 Å². The number of benzene rings is 2. The number of hydrogen-bond donors (Lipinski definition) is 0. The van der Waals surface area contributed by atoms with Crippen molar-refractivity contribution in [2.75, 3.05) is 0 Å². The Bertz CT molecular complexity index is 622. The zero-order valence-corrected chi connectivity index (χ0v) is 12.2. The first-order valence-corrected chi connectivity index (χ1v) is 8.56. The Balaban J connectivity index is 1.62. The number of fused-ring (bicyclic) bond motifs is 2. The minimum atomic E-state index is 0.269. The van der Waals surface area contributed by atoms with E-state index in [0.29, 0.717) is 9.02 Å². The summed E-state index contributed by atoms with van der Waals surface area (Å²) >= 11 is 0.269. The van der Waals surface area contributed by atoms with Gasteiger partial charge >= 0.3 is 121 Å². The second-order valence-electron chi connectivity index (χ2n) is 4.87. The van der Waals surface area contributed by atoms with Crippen molar-refractivity contribution < 1.29 is 17.1 Å². The van der Waals surface area contributed by atoms with Gasteiger partial charge in [0.2, 0.25) is 0 Å². The van der Waals surface area contributed by atoms with Crippen molar-refractivity contribution in [1.29, 1.82) is 0 Å². The van der Waals surface area contributed by atoms with Gasteiger partial charge in [0.25, 0.3) is 0 Å². The summed E-state index contributed by atoms with van der Waals surface area (Å²) in [6.45, 7) is 0. The first kappa shape index (κ1) is 11.4. The van der Waals surface area contributed by atoms with Crippen molar-refractivity contribution in [1.82, 2.24) is 0 Å². The molecule has 2 aromatic rings. The van der Waals surface area contributed by atoms with E-state index in [1.54, 1.807) is 0 Å². The van der Waals surface area contributed by atoms with E-state index in [2.05, 4.69) is 72.8 Å². The summed E-state index contributed by atoms with van der Waals surface area (Å²) < 4.78 is 1.31. The van der Waals surface area contributed by atoms with Crippen LogP contribution in [0.5, 0.6) is 0 Å². The van der Waals surface area contributed by atoms with Gasteiger partial charge in [0, 0.05) is 0 Å². The maximum atomic E-state index is 2.40. The Labute approximate surface area is 121 Å². The molecule has 2 aliphatic rings. The topological polar surface area (TPSA) is 0 Å². The first-order valence-electron chi connectivity index (χ1n) is 6.55. The van der Waals surface area contributed by atoms with Crippen molar-refractivity contribution in [2.45, 2.75) is 9.02 Å². The molecular formula is C18H14Ru. The second kappa shape index (κ2) is 4.58. The molecular weight excluding hydrogens is 317 g/mol. The molecule has 0 radical (unpaired) electrons. The molecule has 0 saturated heterocycles. The van der Waals surface area contributed by atoms with E-state index >= 15 is 0 Å². The third-order valence-corrected chi connectivity index (χ3v) is 6.70. The molecule has 19 heavy (non-hydrogen) atoms. The van der Waals surface area contributed by atoms with E-state index in [-0.39, 0.29) is 17.1 Å².